The van der Waals surface area contributed by atoms with Gasteiger partial charge in [0.25, 0.3) is 0 Å². The molecule has 0 amide bonds. The molecule has 0 aromatic carbocycles. The van der Waals surface area contributed by atoms with Crippen LogP contribution in [-0.2, 0) is 0 Å². The predicted molar refractivity (Wildman–Crippen MR) is 50.8 cm³/mol. The van der Waals surface area contributed by atoms with Crippen LogP contribution in [-0.4, -0.2) is 0 Å². The first-order chi connectivity index (χ1) is 5.78. The summed E-state index contributed by atoms with van der Waals surface area (Å²) in [7, 11) is 0. The Morgan fingerprint density at radius 1 is 1.50 bits per heavy atom. The maximum Gasteiger partial charge on any atom is -0.00438 e. The van der Waals surface area contributed by atoms with Crippen LogP contribution >= 0.6 is 0 Å². The van der Waals surface area contributed by atoms with Crippen molar-refractivity contribution in [3.05, 3.63) is 23.8 Å². The molecule has 1 saturated carbocycles. The Labute approximate surface area is 74.4 Å². The van der Waals surface area contributed by atoms with Crippen LogP contribution in [0.2, 0.25) is 0 Å². The highest BCUT2D eigenvalue weighted by molar-refractivity contribution is 5.38. The van der Waals surface area contributed by atoms with Crippen LogP contribution in [0.3, 0.4) is 0 Å². The second-order valence-electron chi connectivity index (χ2n) is 4.97. The third kappa shape index (κ3) is 0.734. The molecule has 0 saturated heterocycles. The lowest BCUT2D eigenvalue weighted by atomic mass is 9.76. The van der Waals surface area contributed by atoms with Crippen molar-refractivity contribution in [2.24, 2.45) is 17.3 Å². The lowest BCUT2D eigenvalue weighted by molar-refractivity contribution is 0.300. The van der Waals surface area contributed by atoms with Gasteiger partial charge in [0.1, 0.15) is 0 Å². The molecule has 0 radical (unpaired) electrons. The minimum atomic E-state index is 0.628. The Bertz CT molecular complexity index is 272. The molecule has 0 heteroatoms. The molecule has 64 valence electrons. The van der Waals surface area contributed by atoms with Crippen LogP contribution in [0.15, 0.2) is 23.8 Å². The molecule has 12 heavy (non-hydrogen) atoms. The van der Waals surface area contributed by atoms with Gasteiger partial charge in [-0.1, -0.05) is 30.7 Å². The van der Waals surface area contributed by atoms with Crippen molar-refractivity contribution in [1.82, 2.24) is 0 Å². The maximum atomic E-state index is 2.58. The van der Waals surface area contributed by atoms with Gasteiger partial charge >= 0.3 is 0 Å². The molecular formula is C12H16. The molecule has 0 N–H and O–H groups in total. The molecule has 1 spiro atoms. The van der Waals surface area contributed by atoms with Gasteiger partial charge in [-0.2, -0.15) is 0 Å². The van der Waals surface area contributed by atoms with E-state index in [9.17, 15) is 0 Å². The largest absolute Gasteiger partial charge is 0.0800 e. The molecule has 3 aliphatic rings. The van der Waals surface area contributed by atoms with Crippen LogP contribution in [0.25, 0.3) is 0 Å². The van der Waals surface area contributed by atoms with Crippen LogP contribution in [0.1, 0.15) is 32.6 Å². The van der Waals surface area contributed by atoms with E-state index in [4.69, 9.17) is 0 Å². The van der Waals surface area contributed by atoms with Crippen molar-refractivity contribution >= 4 is 0 Å². The van der Waals surface area contributed by atoms with Crippen molar-refractivity contribution in [3.8, 4) is 0 Å². The van der Waals surface area contributed by atoms with Crippen molar-refractivity contribution in [3.63, 3.8) is 0 Å². The molecule has 2 bridgehead atoms. The highest BCUT2D eigenvalue weighted by atomic mass is 14.5. The summed E-state index contributed by atoms with van der Waals surface area (Å²) in [6, 6.07) is 0. The zero-order valence-corrected chi connectivity index (χ0v) is 7.72. The average Bonchev–Trinajstić information content (AvgIpc) is 2.67. The van der Waals surface area contributed by atoms with Crippen molar-refractivity contribution < 1.29 is 0 Å². The normalized spacial score (nSPS) is 49.2. The smallest absolute Gasteiger partial charge is 0.00438 e. The van der Waals surface area contributed by atoms with E-state index >= 15 is 0 Å². The minimum Gasteiger partial charge on any atom is -0.0800 e. The Balaban J connectivity index is 1.96. The number of allylic oxidation sites excluding steroid dienone is 4. The van der Waals surface area contributed by atoms with E-state index in [0.717, 1.165) is 11.8 Å². The highest BCUT2D eigenvalue weighted by Gasteiger charge is 2.46. The van der Waals surface area contributed by atoms with E-state index in [0.29, 0.717) is 5.41 Å². The van der Waals surface area contributed by atoms with E-state index in [1.807, 2.05) is 0 Å². The monoisotopic (exact) mass is 160 g/mol. The lowest BCUT2D eigenvalue weighted by Crippen LogP contribution is -2.20. The Morgan fingerprint density at radius 3 is 2.92 bits per heavy atom. The van der Waals surface area contributed by atoms with Crippen molar-refractivity contribution in [2.75, 3.05) is 0 Å². The zero-order valence-electron chi connectivity index (χ0n) is 7.72. The van der Waals surface area contributed by atoms with Gasteiger partial charge in [-0.3, -0.25) is 0 Å². The fourth-order valence-electron chi connectivity index (χ4n) is 3.44. The Kier molecular flexibility index (Phi) is 1.18. The van der Waals surface area contributed by atoms with E-state index in [2.05, 4.69) is 25.2 Å². The fourth-order valence-corrected chi connectivity index (χ4v) is 3.44. The summed E-state index contributed by atoms with van der Waals surface area (Å²) in [5, 5.41) is 0. The quantitative estimate of drug-likeness (QED) is 0.510. The zero-order chi connectivity index (χ0) is 8.18. The summed E-state index contributed by atoms with van der Waals surface area (Å²) in [5.41, 5.74) is 2.25. The predicted octanol–water partition coefficient (Wildman–Crippen LogP) is 3.31. The van der Waals surface area contributed by atoms with Gasteiger partial charge in [-0.25, -0.2) is 0 Å². The lowest BCUT2D eigenvalue weighted by Gasteiger charge is -2.28. The molecule has 0 aromatic heterocycles. The van der Waals surface area contributed by atoms with Gasteiger partial charge in [0.05, 0.1) is 0 Å². The van der Waals surface area contributed by atoms with Crippen molar-refractivity contribution in [2.45, 2.75) is 32.6 Å². The van der Waals surface area contributed by atoms with Crippen molar-refractivity contribution in [1.29, 1.82) is 0 Å². The molecule has 3 aliphatic carbocycles. The maximum absolute atomic E-state index is 2.58. The van der Waals surface area contributed by atoms with Gasteiger partial charge in [-0.05, 0) is 42.9 Å². The molecule has 3 unspecified atom stereocenters. The summed E-state index contributed by atoms with van der Waals surface area (Å²) >= 11 is 0. The molecule has 0 aromatic rings. The minimum absolute atomic E-state index is 0.628. The average molecular weight is 160 g/mol. The summed E-state index contributed by atoms with van der Waals surface area (Å²) in [4.78, 5) is 0. The van der Waals surface area contributed by atoms with Crippen LogP contribution in [0.4, 0.5) is 0 Å². The third-order valence-electron chi connectivity index (χ3n) is 4.04. The first kappa shape index (κ1) is 6.94. The van der Waals surface area contributed by atoms with Gasteiger partial charge in [-0.15, -0.1) is 0 Å². The molecule has 3 rings (SSSR count). The summed E-state index contributed by atoms with van der Waals surface area (Å²) in [5.74, 6) is 1.85. The van der Waals surface area contributed by atoms with Gasteiger partial charge in [0.2, 0.25) is 0 Å². The van der Waals surface area contributed by atoms with E-state index in [1.165, 1.54) is 25.7 Å². The first-order valence-corrected chi connectivity index (χ1v) is 5.18. The van der Waals surface area contributed by atoms with E-state index in [1.54, 1.807) is 5.57 Å². The first-order valence-electron chi connectivity index (χ1n) is 5.18. The summed E-state index contributed by atoms with van der Waals surface area (Å²) < 4.78 is 0. The third-order valence-corrected chi connectivity index (χ3v) is 4.04. The number of rotatable bonds is 0. The van der Waals surface area contributed by atoms with Gasteiger partial charge in [0.15, 0.2) is 0 Å². The number of hydrogen-bond acceptors (Lipinski definition) is 0. The summed E-state index contributed by atoms with van der Waals surface area (Å²) in [6.45, 7) is 2.41. The SMILES string of the molecule is CC1CCC2(C=C3C=CC2C3)C1. The second kappa shape index (κ2) is 2.04. The molecular weight excluding hydrogens is 144 g/mol. The van der Waals surface area contributed by atoms with Crippen LogP contribution < -0.4 is 0 Å². The standard InChI is InChI=1S/C12H16/c1-9-4-5-12(7-9)8-10-2-3-11(12)6-10/h2-3,8-9,11H,4-7H2,1H3. The molecule has 1 fully saturated rings. The Hall–Kier alpha value is -0.520. The van der Waals surface area contributed by atoms with E-state index < -0.39 is 0 Å². The van der Waals surface area contributed by atoms with E-state index in [-0.39, 0.29) is 0 Å². The number of hydrogen-bond donors (Lipinski definition) is 0. The molecule has 0 aliphatic heterocycles. The second-order valence-corrected chi connectivity index (χ2v) is 4.97. The fraction of sp³-hybridized carbons (Fsp3) is 0.667. The topological polar surface area (TPSA) is 0 Å². The van der Waals surface area contributed by atoms with Crippen LogP contribution in [0.5, 0.6) is 0 Å². The van der Waals surface area contributed by atoms with Gasteiger partial charge < -0.3 is 0 Å². The van der Waals surface area contributed by atoms with Crippen LogP contribution in [0, 0.1) is 17.3 Å². The summed E-state index contributed by atoms with van der Waals surface area (Å²) in [6.07, 6.45) is 13.1. The Morgan fingerprint density at radius 2 is 2.42 bits per heavy atom. The van der Waals surface area contributed by atoms with Gasteiger partial charge in [0, 0.05) is 0 Å². The molecule has 0 heterocycles. The molecule has 3 atom stereocenters. The highest BCUT2D eigenvalue weighted by Crippen LogP contribution is 2.57. The number of fused-ring (bicyclic) bond motifs is 3. The molecule has 0 nitrogen and oxygen atoms in total.